The van der Waals surface area contributed by atoms with Gasteiger partial charge in [0.15, 0.2) is 0 Å². The SMILES string of the molecule is CC(C)c1nc2cc(C(=O)O)ccc2n1CCCCCO. The number of aliphatic hydroxyl groups excluding tert-OH is 1. The first kappa shape index (κ1) is 15.5. The van der Waals surface area contributed by atoms with Crippen LogP contribution in [0.25, 0.3) is 11.0 Å². The number of imidazole rings is 1. The molecule has 5 heteroatoms. The van der Waals surface area contributed by atoms with Gasteiger partial charge in [0, 0.05) is 19.1 Å². The Morgan fingerprint density at radius 1 is 1.29 bits per heavy atom. The number of fused-ring (bicyclic) bond motifs is 1. The summed E-state index contributed by atoms with van der Waals surface area (Å²) in [5.41, 5.74) is 1.98. The molecule has 21 heavy (non-hydrogen) atoms. The van der Waals surface area contributed by atoms with Crippen LogP contribution in [0.4, 0.5) is 0 Å². The molecule has 0 bridgehead atoms. The van der Waals surface area contributed by atoms with Crippen LogP contribution in [-0.4, -0.2) is 32.3 Å². The van der Waals surface area contributed by atoms with Crippen LogP contribution in [0.5, 0.6) is 0 Å². The zero-order valence-electron chi connectivity index (χ0n) is 12.5. The highest BCUT2D eigenvalue weighted by Crippen LogP contribution is 2.23. The Kier molecular flexibility index (Phi) is 4.96. The Bertz CT molecular complexity index is 632. The second-order valence-corrected chi connectivity index (χ2v) is 5.57. The zero-order valence-corrected chi connectivity index (χ0v) is 12.5. The normalized spacial score (nSPS) is 11.4. The number of aliphatic hydroxyl groups is 1. The number of aromatic carboxylic acids is 1. The monoisotopic (exact) mass is 290 g/mol. The van der Waals surface area contributed by atoms with E-state index < -0.39 is 5.97 Å². The Balaban J connectivity index is 2.36. The molecule has 0 unspecified atom stereocenters. The molecule has 0 fully saturated rings. The summed E-state index contributed by atoms with van der Waals surface area (Å²) in [5.74, 6) is 0.334. The largest absolute Gasteiger partial charge is 0.478 e. The van der Waals surface area contributed by atoms with Crippen molar-refractivity contribution in [2.75, 3.05) is 6.61 Å². The van der Waals surface area contributed by atoms with E-state index in [2.05, 4.69) is 23.4 Å². The van der Waals surface area contributed by atoms with Gasteiger partial charge in [-0.25, -0.2) is 9.78 Å². The molecule has 0 radical (unpaired) electrons. The summed E-state index contributed by atoms with van der Waals surface area (Å²) in [7, 11) is 0. The summed E-state index contributed by atoms with van der Waals surface area (Å²) < 4.78 is 2.17. The zero-order chi connectivity index (χ0) is 15.4. The van der Waals surface area contributed by atoms with Gasteiger partial charge in [-0.1, -0.05) is 13.8 Å². The Morgan fingerprint density at radius 2 is 2.05 bits per heavy atom. The van der Waals surface area contributed by atoms with Gasteiger partial charge in [0.2, 0.25) is 0 Å². The lowest BCUT2D eigenvalue weighted by atomic mass is 10.2. The van der Waals surface area contributed by atoms with Crippen molar-refractivity contribution >= 4 is 17.0 Å². The van der Waals surface area contributed by atoms with Gasteiger partial charge in [-0.15, -0.1) is 0 Å². The lowest BCUT2D eigenvalue weighted by Gasteiger charge is -2.11. The van der Waals surface area contributed by atoms with Crippen molar-refractivity contribution in [3.05, 3.63) is 29.6 Å². The number of nitrogens with zero attached hydrogens (tertiary/aromatic N) is 2. The van der Waals surface area contributed by atoms with Crippen molar-refractivity contribution in [3.8, 4) is 0 Å². The number of aryl methyl sites for hydroxylation is 1. The summed E-state index contributed by atoms with van der Waals surface area (Å²) in [5, 5.41) is 17.9. The maximum atomic E-state index is 11.1. The molecule has 1 aromatic carbocycles. The summed E-state index contributed by atoms with van der Waals surface area (Å²) in [6.07, 6.45) is 2.76. The third-order valence-electron chi connectivity index (χ3n) is 3.58. The molecule has 114 valence electrons. The highest BCUT2D eigenvalue weighted by Gasteiger charge is 2.15. The highest BCUT2D eigenvalue weighted by atomic mass is 16.4. The van der Waals surface area contributed by atoms with Gasteiger partial charge < -0.3 is 14.8 Å². The number of rotatable bonds is 7. The minimum Gasteiger partial charge on any atom is -0.478 e. The van der Waals surface area contributed by atoms with Crippen molar-refractivity contribution in [2.45, 2.75) is 45.6 Å². The molecule has 0 spiro atoms. The number of hydrogen-bond acceptors (Lipinski definition) is 3. The summed E-state index contributed by atoms with van der Waals surface area (Å²) in [6.45, 7) is 5.24. The molecule has 2 rings (SSSR count). The average molecular weight is 290 g/mol. The summed E-state index contributed by atoms with van der Waals surface area (Å²) in [4.78, 5) is 15.7. The van der Waals surface area contributed by atoms with Crippen molar-refractivity contribution in [1.29, 1.82) is 0 Å². The van der Waals surface area contributed by atoms with Crippen LogP contribution in [0.2, 0.25) is 0 Å². The molecule has 0 aliphatic rings. The van der Waals surface area contributed by atoms with E-state index in [1.54, 1.807) is 12.1 Å². The number of carboxylic acids is 1. The first-order valence-corrected chi connectivity index (χ1v) is 7.39. The average Bonchev–Trinajstić information content (AvgIpc) is 2.81. The molecule has 0 amide bonds. The van der Waals surface area contributed by atoms with Crippen molar-refractivity contribution in [3.63, 3.8) is 0 Å². The number of benzene rings is 1. The van der Waals surface area contributed by atoms with E-state index in [4.69, 9.17) is 10.2 Å². The number of hydrogen-bond donors (Lipinski definition) is 2. The Labute approximate surface area is 124 Å². The molecule has 0 aliphatic heterocycles. The van der Waals surface area contributed by atoms with Crippen molar-refractivity contribution in [1.82, 2.24) is 9.55 Å². The van der Waals surface area contributed by atoms with E-state index in [1.165, 1.54) is 0 Å². The number of aromatic nitrogens is 2. The molecule has 0 atom stereocenters. The lowest BCUT2D eigenvalue weighted by Crippen LogP contribution is -2.06. The van der Waals surface area contributed by atoms with Gasteiger partial charge in [0.05, 0.1) is 16.6 Å². The van der Waals surface area contributed by atoms with E-state index in [0.29, 0.717) is 0 Å². The highest BCUT2D eigenvalue weighted by molar-refractivity contribution is 5.92. The van der Waals surface area contributed by atoms with E-state index in [-0.39, 0.29) is 18.1 Å². The quantitative estimate of drug-likeness (QED) is 0.769. The minimum absolute atomic E-state index is 0.226. The van der Waals surface area contributed by atoms with E-state index in [1.807, 2.05) is 6.07 Å². The van der Waals surface area contributed by atoms with Crippen LogP contribution in [0.1, 0.15) is 55.2 Å². The third kappa shape index (κ3) is 3.42. The van der Waals surface area contributed by atoms with E-state index >= 15 is 0 Å². The standard InChI is InChI=1S/C16H22N2O3/c1-11(2)15-17-13-10-12(16(20)21)6-7-14(13)18(15)8-4-3-5-9-19/h6-7,10-11,19H,3-5,8-9H2,1-2H3,(H,20,21). The molecule has 0 saturated carbocycles. The minimum atomic E-state index is -0.930. The van der Waals surface area contributed by atoms with E-state index in [9.17, 15) is 4.79 Å². The second-order valence-electron chi connectivity index (χ2n) is 5.57. The molecule has 5 nitrogen and oxygen atoms in total. The maximum absolute atomic E-state index is 11.1. The first-order valence-electron chi connectivity index (χ1n) is 7.39. The smallest absolute Gasteiger partial charge is 0.335 e. The fourth-order valence-corrected chi connectivity index (χ4v) is 2.52. The molecule has 1 heterocycles. The summed E-state index contributed by atoms with van der Waals surface area (Å²) >= 11 is 0. The molecule has 0 saturated heterocycles. The van der Waals surface area contributed by atoms with Crippen LogP contribution in [-0.2, 0) is 6.54 Å². The van der Waals surface area contributed by atoms with Crippen molar-refractivity contribution in [2.24, 2.45) is 0 Å². The fraction of sp³-hybridized carbons (Fsp3) is 0.500. The van der Waals surface area contributed by atoms with Gasteiger partial charge in [-0.3, -0.25) is 0 Å². The van der Waals surface area contributed by atoms with Gasteiger partial charge in [-0.05, 0) is 37.5 Å². The maximum Gasteiger partial charge on any atom is 0.335 e. The number of unbranched alkanes of at least 4 members (excludes halogenated alkanes) is 2. The lowest BCUT2D eigenvalue weighted by molar-refractivity contribution is 0.0697. The van der Waals surface area contributed by atoms with Crippen LogP contribution in [0.15, 0.2) is 18.2 Å². The van der Waals surface area contributed by atoms with Crippen molar-refractivity contribution < 1.29 is 15.0 Å². The fourth-order valence-electron chi connectivity index (χ4n) is 2.52. The first-order chi connectivity index (χ1) is 10.0. The van der Waals surface area contributed by atoms with Crippen LogP contribution in [0.3, 0.4) is 0 Å². The van der Waals surface area contributed by atoms with Gasteiger partial charge >= 0.3 is 5.97 Å². The van der Waals surface area contributed by atoms with E-state index in [0.717, 1.165) is 42.7 Å². The molecular formula is C16H22N2O3. The number of carbonyl (C=O) groups is 1. The molecule has 2 N–H and O–H groups in total. The second kappa shape index (κ2) is 6.72. The predicted octanol–water partition coefficient (Wildman–Crippen LogP) is 3.02. The van der Waals surface area contributed by atoms with Gasteiger partial charge in [0.25, 0.3) is 0 Å². The third-order valence-corrected chi connectivity index (χ3v) is 3.58. The van der Waals surface area contributed by atoms with Gasteiger partial charge in [0.1, 0.15) is 5.82 Å². The molecule has 0 aliphatic carbocycles. The topological polar surface area (TPSA) is 75.3 Å². The Morgan fingerprint density at radius 3 is 2.67 bits per heavy atom. The van der Waals surface area contributed by atoms with Crippen LogP contribution in [0, 0.1) is 0 Å². The van der Waals surface area contributed by atoms with Gasteiger partial charge in [-0.2, -0.15) is 0 Å². The predicted molar refractivity (Wildman–Crippen MR) is 81.7 cm³/mol. The van der Waals surface area contributed by atoms with Crippen LogP contribution >= 0.6 is 0 Å². The van der Waals surface area contributed by atoms with Crippen LogP contribution < -0.4 is 0 Å². The summed E-state index contributed by atoms with van der Waals surface area (Å²) in [6, 6.07) is 5.10. The molecule has 1 aromatic heterocycles. The molecule has 2 aromatic rings. The number of carboxylic acid groups (broad SMARTS) is 1. The Hall–Kier alpha value is -1.88. The molecular weight excluding hydrogens is 268 g/mol.